The summed E-state index contributed by atoms with van der Waals surface area (Å²) in [5.74, 6) is 7.06. The number of fused-ring (bicyclic) bond motifs is 1. The van der Waals surface area contributed by atoms with Crippen LogP contribution in [0.5, 0.6) is 0 Å². The molecule has 0 radical (unpaired) electrons. The molecule has 4 saturated carbocycles. The fourth-order valence-electron chi connectivity index (χ4n) is 18.6. The number of benzene rings is 4. The molecule has 107 heavy (non-hydrogen) atoms. The van der Waals surface area contributed by atoms with E-state index in [-0.39, 0.29) is 45.6 Å². The smallest absolute Gasteiger partial charge is 0.260 e. The molecule has 4 aromatic heterocycles. The Balaban J connectivity index is 0.000000134. The second kappa shape index (κ2) is 33.9. The molecule has 5 N–H and O–H groups in total. The standard InChI is InChI=1S/C21H26Cl2N4O.C21H26Cl2N2O2.C20H23Cl2N3O.C19H22Cl2N4O/c1-14-25-18(12-19(28)27(14)17-6-2-5-16(22)20(17)23)26-10-8-21(9-11-26)7-3-4-15(21)13-24;1-3-9-21(13-26)10-7-15(8-11-21)17-12-19(27)25(14(2)24-17)18-6-4-5-16(22)20(18)23;1-3-14-12-20(14)7-9-24(10-8-20)17-11-18(26)25(13(2)23-17)16-6-4-5-15(21)19(16)22;1-12-23-16(24-9-13-4-3-7-19(13,10-22)11-24)8-17(26)25(12)15-6-2-5-14(20)18(15)21/h2,5-6,12,15H,3-4,7-11,13,24H2,1H3;4-6,12,15,26H,3,7-11,13H2,1-2H3;4-6,11,14H,3,7-10,12H2,1-2H3;2,5-6,8,13H,3-4,7,9-11,22H2,1H3. The maximum absolute atomic E-state index is 12.9. The topological polar surface area (TPSA) is 222 Å². The summed E-state index contributed by atoms with van der Waals surface area (Å²) in [7, 11) is 0. The fraction of sp³-hybridized carbons (Fsp3) is 0.506. The molecule has 0 bridgehead atoms. The maximum atomic E-state index is 12.9. The molecule has 0 amide bonds. The number of hydrogen-bond acceptors (Lipinski definition) is 14. The van der Waals surface area contributed by atoms with Crippen LogP contribution in [0.25, 0.3) is 22.7 Å². The average molecular weight is 1620 g/mol. The van der Waals surface area contributed by atoms with Gasteiger partial charge in [-0.25, -0.2) is 19.9 Å². The third-order valence-corrected chi connectivity index (χ3v) is 28.0. The van der Waals surface area contributed by atoms with Crippen molar-refractivity contribution in [1.29, 1.82) is 0 Å². The van der Waals surface area contributed by atoms with Crippen molar-refractivity contribution in [2.45, 2.75) is 163 Å². The number of aryl methyl sites for hydroxylation is 4. The molecule has 4 aliphatic carbocycles. The Labute approximate surface area is 666 Å². The SMILES string of the molecule is CCC1CC12CCN(c1cc(=O)n(-c3cccc(Cl)c3Cl)c(C)n1)CC2.CCCC1(CO)CCC(c2cc(=O)n(-c3cccc(Cl)c3Cl)c(C)n2)CC1.Cc1nc(N2CC3CCCC3(CN)C2)cc(=O)n1-c1cccc(Cl)c1Cl.Cc1nc(N2CCC3(CCCC3CN)CC2)cc(=O)n1-c1cccc(Cl)c1Cl. The van der Waals surface area contributed by atoms with E-state index in [1.165, 1.54) is 82.5 Å². The fourth-order valence-corrected chi connectivity index (χ4v) is 20.1. The zero-order valence-electron chi connectivity index (χ0n) is 61.8. The van der Waals surface area contributed by atoms with Gasteiger partial charge in [0.1, 0.15) is 40.8 Å². The van der Waals surface area contributed by atoms with E-state index in [0.717, 1.165) is 126 Å². The van der Waals surface area contributed by atoms with Gasteiger partial charge in [-0.1, -0.05) is 157 Å². The number of piperidine rings is 2. The predicted molar refractivity (Wildman–Crippen MR) is 438 cm³/mol. The number of rotatable bonds is 14. The zero-order valence-corrected chi connectivity index (χ0v) is 67.9. The summed E-state index contributed by atoms with van der Waals surface area (Å²) in [6, 6.07) is 27.5. The maximum Gasteiger partial charge on any atom is 0.260 e. The summed E-state index contributed by atoms with van der Waals surface area (Å²) in [4.78, 5) is 76.9. The van der Waals surface area contributed by atoms with Crippen molar-refractivity contribution >= 4 is 110 Å². The van der Waals surface area contributed by atoms with Crippen LogP contribution >= 0.6 is 92.8 Å². The van der Waals surface area contributed by atoms with Crippen molar-refractivity contribution < 1.29 is 5.11 Å². The van der Waals surface area contributed by atoms with Gasteiger partial charge in [0.2, 0.25) is 0 Å². The average Bonchev–Trinajstić information content (AvgIpc) is 1.62. The molecule has 2 spiro atoms. The summed E-state index contributed by atoms with van der Waals surface area (Å²) < 4.78 is 6.06. The lowest BCUT2D eigenvalue weighted by Gasteiger charge is -2.43. The number of aromatic nitrogens is 8. The number of hydrogen-bond donors (Lipinski definition) is 3. The molecular formula is C81H97Cl8N13O5. The third kappa shape index (κ3) is 16.7. The van der Waals surface area contributed by atoms with E-state index in [1.807, 2.05) is 27.7 Å². The van der Waals surface area contributed by atoms with Crippen molar-refractivity contribution in [3.05, 3.63) is 208 Å². The van der Waals surface area contributed by atoms with Crippen molar-refractivity contribution in [2.24, 2.45) is 50.9 Å². The number of aliphatic hydroxyl groups is 1. The molecule has 15 rings (SSSR count). The first-order valence-corrected chi connectivity index (χ1v) is 40.7. The Hall–Kier alpha value is -6.00. The van der Waals surface area contributed by atoms with Crippen molar-refractivity contribution in [2.75, 3.05) is 73.7 Å². The highest BCUT2D eigenvalue weighted by Gasteiger charge is 2.54. The van der Waals surface area contributed by atoms with Gasteiger partial charge in [-0.2, -0.15) is 0 Å². The van der Waals surface area contributed by atoms with Crippen molar-refractivity contribution in [3.63, 3.8) is 0 Å². The molecule has 7 aliphatic rings. The van der Waals surface area contributed by atoms with Gasteiger partial charge in [-0.15, -0.1) is 0 Å². The Kier molecular flexibility index (Phi) is 25.5. The molecule has 18 nitrogen and oxygen atoms in total. The lowest BCUT2D eigenvalue weighted by molar-refractivity contribution is 0.0658. The van der Waals surface area contributed by atoms with E-state index in [4.69, 9.17) is 124 Å². The Bertz CT molecular complexity index is 4810. The van der Waals surface area contributed by atoms with Crippen molar-refractivity contribution in [1.82, 2.24) is 38.2 Å². The second-order valence-corrected chi connectivity index (χ2v) is 33.9. The lowest BCUT2D eigenvalue weighted by Crippen LogP contribution is -2.44. The van der Waals surface area contributed by atoms with Gasteiger partial charge in [-0.3, -0.25) is 37.4 Å². The second-order valence-electron chi connectivity index (χ2n) is 30.8. The molecule has 3 aliphatic heterocycles. The molecule has 26 heteroatoms. The van der Waals surface area contributed by atoms with E-state index in [0.29, 0.717) is 115 Å². The third-order valence-electron chi connectivity index (χ3n) is 24.8. The Morgan fingerprint density at radius 2 is 0.879 bits per heavy atom. The monoisotopic (exact) mass is 1610 g/mol. The van der Waals surface area contributed by atoms with Gasteiger partial charge in [0.25, 0.3) is 22.2 Å². The molecule has 572 valence electrons. The van der Waals surface area contributed by atoms with Crippen LogP contribution < -0.4 is 48.4 Å². The predicted octanol–water partition coefficient (Wildman–Crippen LogP) is 17.8. The number of nitrogens with two attached hydrogens (primary N) is 2. The number of halogens is 8. The Morgan fingerprint density at radius 1 is 0.477 bits per heavy atom. The van der Waals surface area contributed by atoms with Crippen LogP contribution in [0, 0.1) is 67.1 Å². The molecule has 7 fully saturated rings. The molecule has 4 atom stereocenters. The number of nitrogens with zero attached hydrogens (tertiary/aromatic N) is 11. The molecule has 7 heterocycles. The highest BCUT2D eigenvalue weighted by molar-refractivity contribution is 6.44. The molecule has 4 aromatic carbocycles. The van der Waals surface area contributed by atoms with Crippen LogP contribution in [0.3, 0.4) is 0 Å². The zero-order chi connectivity index (χ0) is 76.4. The molecule has 8 aromatic rings. The first kappa shape index (κ1) is 80.5. The first-order chi connectivity index (χ1) is 51.2. The highest BCUT2D eigenvalue weighted by atomic mass is 35.5. The van der Waals surface area contributed by atoms with Gasteiger partial charge in [-0.05, 0) is 213 Å². The normalized spacial score (nSPS) is 22.6. The molecular weight excluding hydrogens is 1520 g/mol. The molecule has 4 unspecified atom stereocenters. The number of anilines is 3. The van der Waals surface area contributed by atoms with Crippen LogP contribution in [0.2, 0.25) is 40.2 Å². The summed E-state index contributed by atoms with van der Waals surface area (Å²) in [5, 5.41) is 12.9. The lowest BCUT2D eigenvalue weighted by atomic mass is 9.68. The first-order valence-electron chi connectivity index (χ1n) is 37.7. The number of aliphatic hydroxyl groups excluding tert-OH is 1. The Morgan fingerprint density at radius 3 is 1.24 bits per heavy atom. The van der Waals surface area contributed by atoms with Gasteiger partial charge >= 0.3 is 0 Å². The van der Waals surface area contributed by atoms with E-state index in [2.05, 4.69) is 28.5 Å². The summed E-state index contributed by atoms with van der Waals surface area (Å²) >= 11 is 49.6. The quantitative estimate of drug-likeness (QED) is 0.0922. The van der Waals surface area contributed by atoms with Gasteiger partial charge in [0.05, 0.1) is 68.6 Å². The minimum Gasteiger partial charge on any atom is -0.396 e. The summed E-state index contributed by atoms with van der Waals surface area (Å²) in [6.07, 6.45) is 20.8. The highest BCUT2D eigenvalue weighted by Crippen LogP contribution is 2.61. The van der Waals surface area contributed by atoms with Crippen LogP contribution in [0.1, 0.15) is 164 Å². The van der Waals surface area contributed by atoms with Crippen LogP contribution in [-0.2, 0) is 0 Å². The van der Waals surface area contributed by atoms with Gasteiger partial charge in [0, 0.05) is 81.5 Å². The van der Waals surface area contributed by atoms with Crippen molar-refractivity contribution in [3.8, 4) is 22.7 Å². The van der Waals surface area contributed by atoms with E-state index in [9.17, 15) is 24.3 Å². The summed E-state index contributed by atoms with van der Waals surface area (Å²) in [6.45, 7) is 19.1. The minimum absolute atomic E-state index is 0.0452. The summed E-state index contributed by atoms with van der Waals surface area (Å²) in [5.41, 5.74) is 15.8. The van der Waals surface area contributed by atoms with Crippen LogP contribution in [-0.4, -0.2) is 102 Å². The molecule has 3 saturated heterocycles. The largest absolute Gasteiger partial charge is 0.396 e. The van der Waals surface area contributed by atoms with E-state index >= 15 is 0 Å². The minimum atomic E-state index is -0.157. The van der Waals surface area contributed by atoms with Crippen LogP contribution in [0.15, 0.2) is 116 Å². The van der Waals surface area contributed by atoms with E-state index < -0.39 is 0 Å². The van der Waals surface area contributed by atoms with E-state index in [1.54, 1.807) is 97.1 Å². The van der Waals surface area contributed by atoms with Gasteiger partial charge in [0.15, 0.2) is 0 Å². The van der Waals surface area contributed by atoms with Crippen LogP contribution in [0.4, 0.5) is 17.5 Å². The van der Waals surface area contributed by atoms with Gasteiger partial charge < -0.3 is 31.3 Å².